The number of nitro groups is 1. The summed E-state index contributed by atoms with van der Waals surface area (Å²) in [5.41, 5.74) is -1.17. The van der Waals surface area contributed by atoms with E-state index in [4.69, 9.17) is 0 Å². The number of hydrogen-bond acceptors (Lipinski definition) is 4. The smallest absolute Gasteiger partial charge is 0.292 e. The lowest BCUT2D eigenvalue weighted by atomic mass is 10.2. The number of aromatic nitrogens is 2. The van der Waals surface area contributed by atoms with E-state index in [1.165, 1.54) is 0 Å². The molecular weight excluding hydrogens is 291 g/mol. The third-order valence-electron chi connectivity index (χ3n) is 2.54. The lowest BCUT2D eigenvalue weighted by Crippen LogP contribution is -2.16. The fraction of sp³-hybridized carbons (Fsp3) is 0.167. The molecule has 0 aliphatic rings. The average Bonchev–Trinajstić information content (AvgIpc) is 2.83. The molecule has 0 amide bonds. The van der Waals surface area contributed by atoms with E-state index < -0.39 is 34.7 Å². The van der Waals surface area contributed by atoms with Crippen molar-refractivity contribution in [3.8, 4) is 5.69 Å². The molecule has 6 nitrogen and oxygen atoms in total. The summed E-state index contributed by atoms with van der Waals surface area (Å²) in [5, 5.41) is 14.5. The van der Waals surface area contributed by atoms with Gasteiger partial charge in [0.25, 0.3) is 0 Å². The summed E-state index contributed by atoms with van der Waals surface area (Å²) in [5.74, 6) is -1.44. The van der Waals surface area contributed by atoms with Crippen molar-refractivity contribution in [2.75, 3.05) is 0 Å². The number of rotatable bonds is 4. The topological polar surface area (TPSA) is 78.0 Å². The van der Waals surface area contributed by atoms with Crippen molar-refractivity contribution in [3.63, 3.8) is 0 Å². The molecule has 0 radical (unpaired) electrons. The van der Waals surface area contributed by atoms with Gasteiger partial charge in [-0.2, -0.15) is 18.3 Å². The predicted molar refractivity (Wildman–Crippen MR) is 65.2 cm³/mol. The maximum Gasteiger partial charge on any atom is 0.396 e. The van der Waals surface area contributed by atoms with Gasteiger partial charge in [0.15, 0.2) is 5.78 Å². The first-order chi connectivity index (χ1) is 9.78. The second-order valence-electron chi connectivity index (χ2n) is 4.12. The highest BCUT2D eigenvalue weighted by molar-refractivity contribution is 5.98. The minimum Gasteiger partial charge on any atom is -0.292 e. The fourth-order valence-electron chi connectivity index (χ4n) is 1.68. The first-order valence-electron chi connectivity index (χ1n) is 5.67. The number of hydrogen-bond donors (Lipinski definition) is 0. The first-order valence-corrected chi connectivity index (χ1v) is 5.67. The SMILES string of the molecule is O=C(CC(F)(F)F)c1nn(-c2ccccc2)cc1[N+](=O)[O-]. The van der Waals surface area contributed by atoms with E-state index in [9.17, 15) is 28.1 Å². The van der Waals surface area contributed by atoms with Crippen molar-refractivity contribution in [1.82, 2.24) is 9.78 Å². The molecule has 0 fully saturated rings. The summed E-state index contributed by atoms with van der Waals surface area (Å²) in [6, 6.07) is 8.04. The highest BCUT2D eigenvalue weighted by Gasteiger charge is 2.36. The number of alkyl halides is 3. The standard InChI is InChI=1S/C12H8F3N3O3/c13-12(14,15)6-10(19)11-9(18(20)21)7-17(16-11)8-4-2-1-3-5-8/h1-5,7H,6H2. The Morgan fingerprint density at radius 2 is 1.90 bits per heavy atom. The van der Waals surface area contributed by atoms with Crippen LogP contribution in [0, 0.1) is 10.1 Å². The molecule has 1 aromatic heterocycles. The zero-order valence-electron chi connectivity index (χ0n) is 10.4. The molecule has 0 bridgehead atoms. The molecule has 0 spiro atoms. The maximum absolute atomic E-state index is 12.2. The Labute approximate surface area is 116 Å². The van der Waals surface area contributed by atoms with Crippen molar-refractivity contribution in [1.29, 1.82) is 0 Å². The number of ketones is 1. The number of carbonyl (C=O) groups excluding carboxylic acids is 1. The normalized spacial score (nSPS) is 11.4. The minimum atomic E-state index is -4.75. The summed E-state index contributed by atoms with van der Waals surface area (Å²) in [7, 11) is 0. The number of benzene rings is 1. The second-order valence-corrected chi connectivity index (χ2v) is 4.12. The average molecular weight is 299 g/mol. The lowest BCUT2D eigenvalue weighted by Gasteiger charge is -2.02. The molecular formula is C12H8F3N3O3. The van der Waals surface area contributed by atoms with Gasteiger partial charge in [-0.3, -0.25) is 14.9 Å². The summed E-state index contributed by atoms with van der Waals surface area (Å²) in [4.78, 5) is 21.5. The molecule has 0 atom stereocenters. The van der Waals surface area contributed by atoms with Crippen molar-refractivity contribution in [2.45, 2.75) is 12.6 Å². The molecule has 0 aliphatic carbocycles. The van der Waals surface area contributed by atoms with Crippen LogP contribution in [-0.4, -0.2) is 26.7 Å². The van der Waals surface area contributed by atoms with E-state index in [1.54, 1.807) is 30.3 Å². The van der Waals surface area contributed by atoms with Crippen LogP contribution < -0.4 is 0 Å². The van der Waals surface area contributed by atoms with Gasteiger partial charge in [-0.15, -0.1) is 0 Å². The lowest BCUT2D eigenvalue weighted by molar-refractivity contribution is -0.385. The molecule has 9 heteroatoms. The molecule has 0 saturated heterocycles. The monoisotopic (exact) mass is 299 g/mol. The van der Waals surface area contributed by atoms with Crippen LogP contribution in [-0.2, 0) is 0 Å². The van der Waals surface area contributed by atoms with Crippen molar-refractivity contribution in [2.24, 2.45) is 0 Å². The molecule has 0 N–H and O–H groups in total. The fourth-order valence-corrected chi connectivity index (χ4v) is 1.68. The van der Waals surface area contributed by atoms with Gasteiger partial charge in [-0.25, -0.2) is 4.68 Å². The zero-order valence-corrected chi connectivity index (χ0v) is 10.4. The highest BCUT2D eigenvalue weighted by atomic mass is 19.4. The molecule has 2 aromatic rings. The van der Waals surface area contributed by atoms with Gasteiger partial charge in [-0.1, -0.05) is 18.2 Å². The van der Waals surface area contributed by atoms with Crippen molar-refractivity contribution >= 4 is 11.5 Å². The van der Waals surface area contributed by atoms with Crippen LogP contribution in [0.15, 0.2) is 36.5 Å². The van der Waals surface area contributed by atoms with Gasteiger partial charge in [0.1, 0.15) is 12.6 Å². The Kier molecular flexibility index (Phi) is 3.74. The Hall–Kier alpha value is -2.71. The minimum absolute atomic E-state index is 0.395. The number of halogens is 3. The van der Waals surface area contributed by atoms with Crippen LogP contribution in [0.2, 0.25) is 0 Å². The van der Waals surface area contributed by atoms with Crippen LogP contribution in [0.4, 0.5) is 18.9 Å². The second kappa shape index (κ2) is 5.35. The van der Waals surface area contributed by atoms with Gasteiger partial charge in [-0.05, 0) is 12.1 Å². The molecule has 0 unspecified atom stereocenters. The van der Waals surface area contributed by atoms with Crippen LogP contribution in [0.25, 0.3) is 5.69 Å². The molecule has 110 valence electrons. The van der Waals surface area contributed by atoms with E-state index in [-0.39, 0.29) is 0 Å². The Balaban J connectivity index is 2.44. The van der Waals surface area contributed by atoms with E-state index in [1.807, 2.05) is 0 Å². The Bertz CT molecular complexity index is 680. The van der Waals surface area contributed by atoms with E-state index in [0.717, 1.165) is 10.9 Å². The van der Waals surface area contributed by atoms with E-state index >= 15 is 0 Å². The molecule has 0 aliphatic heterocycles. The van der Waals surface area contributed by atoms with Crippen LogP contribution in [0.5, 0.6) is 0 Å². The van der Waals surface area contributed by atoms with Gasteiger partial charge in [0.2, 0.25) is 5.69 Å². The summed E-state index contributed by atoms with van der Waals surface area (Å²) < 4.78 is 37.7. The van der Waals surface area contributed by atoms with Gasteiger partial charge < -0.3 is 0 Å². The summed E-state index contributed by atoms with van der Waals surface area (Å²) >= 11 is 0. The third-order valence-corrected chi connectivity index (χ3v) is 2.54. The van der Waals surface area contributed by atoms with Gasteiger partial charge in [0, 0.05) is 0 Å². The molecule has 21 heavy (non-hydrogen) atoms. The number of para-hydroxylation sites is 1. The predicted octanol–water partition coefficient (Wildman–Crippen LogP) is 2.92. The molecule has 1 aromatic carbocycles. The van der Waals surface area contributed by atoms with Crippen LogP contribution in [0.1, 0.15) is 16.9 Å². The van der Waals surface area contributed by atoms with Crippen molar-refractivity contribution < 1.29 is 22.9 Å². The quantitative estimate of drug-likeness (QED) is 0.494. The first kappa shape index (κ1) is 14.7. The summed E-state index contributed by atoms with van der Waals surface area (Å²) in [6.07, 6.45) is -5.62. The van der Waals surface area contributed by atoms with Gasteiger partial charge in [0.05, 0.1) is 10.6 Å². The number of carbonyl (C=O) groups is 1. The van der Waals surface area contributed by atoms with Crippen LogP contribution in [0.3, 0.4) is 0 Å². The number of nitrogens with zero attached hydrogens (tertiary/aromatic N) is 3. The Morgan fingerprint density at radius 1 is 1.29 bits per heavy atom. The van der Waals surface area contributed by atoms with Gasteiger partial charge >= 0.3 is 11.9 Å². The zero-order chi connectivity index (χ0) is 15.6. The number of Topliss-reactive ketones (excluding diaryl/α,β-unsaturated/α-hetero) is 1. The third kappa shape index (κ3) is 3.44. The summed E-state index contributed by atoms with van der Waals surface area (Å²) in [6.45, 7) is 0. The largest absolute Gasteiger partial charge is 0.396 e. The molecule has 2 rings (SSSR count). The highest BCUT2D eigenvalue weighted by Crippen LogP contribution is 2.26. The van der Waals surface area contributed by atoms with E-state index in [0.29, 0.717) is 5.69 Å². The van der Waals surface area contributed by atoms with Crippen LogP contribution >= 0.6 is 0 Å². The molecule has 1 heterocycles. The van der Waals surface area contributed by atoms with Crippen molar-refractivity contribution in [3.05, 3.63) is 52.3 Å². The molecule has 0 saturated carbocycles. The Morgan fingerprint density at radius 3 is 2.43 bits per heavy atom. The van der Waals surface area contributed by atoms with E-state index in [2.05, 4.69) is 5.10 Å². The maximum atomic E-state index is 12.2.